The number of imidazole rings is 1. The summed E-state index contributed by atoms with van der Waals surface area (Å²) in [6.45, 7) is 9.97. The van der Waals surface area contributed by atoms with E-state index in [-0.39, 0.29) is 5.91 Å². The number of hydrogen-bond acceptors (Lipinski definition) is 2. The van der Waals surface area contributed by atoms with Crippen LogP contribution in [0.1, 0.15) is 66.1 Å². The lowest BCUT2D eigenvalue weighted by molar-refractivity contribution is 0.0709. The summed E-state index contributed by atoms with van der Waals surface area (Å²) < 4.78 is 4.57. The Morgan fingerprint density at radius 2 is 1.92 bits per heavy atom. The summed E-state index contributed by atoms with van der Waals surface area (Å²) in [6.07, 6.45) is 8.82. The third-order valence-corrected chi connectivity index (χ3v) is 6.17. The highest BCUT2D eigenvalue weighted by Gasteiger charge is 2.30. The molecule has 0 N–H and O–H groups in total. The molecule has 0 bridgehead atoms. The first-order valence-electron chi connectivity index (χ1n) is 10.1. The van der Waals surface area contributed by atoms with Gasteiger partial charge in [0, 0.05) is 55.9 Å². The molecule has 1 saturated heterocycles. The topological polar surface area (TPSA) is 43.1 Å². The van der Waals surface area contributed by atoms with E-state index in [2.05, 4.69) is 47.2 Å². The van der Waals surface area contributed by atoms with Gasteiger partial charge in [-0.25, -0.2) is 4.98 Å². The fourth-order valence-electron chi connectivity index (χ4n) is 4.43. The standard InChI is InChI=1S/C21H30N4O/c1-4-25-15(2)13-19(16(25)3)21(26)23-10-7-18(8-11-23)20-22-9-12-24(20)14-17-5-6-17/h9,12-13,17-18H,4-8,10-11,14H2,1-3H3. The molecule has 2 aromatic heterocycles. The van der Waals surface area contributed by atoms with E-state index in [0.717, 1.165) is 56.2 Å². The van der Waals surface area contributed by atoms with E-state index in [1.54, 1.807) is 0 Å². The van der Waals surface area contributed by atoms with Gasteiger partial charge < -0.3 is 14.0 Å². The molecular formula is C21H30N4O. The zero-order valence-corrected chi connectivity index (χ0v) is 16.2. The van der Waals surface area contributed by atoms with Crippen molar-refractivity contribution in [2.24, 2.45) is 5.92 Å². The van der Waals surface area contributed by atoms with Crippen molar-refractivity contribution in [2.75, 3.05) is 13.1 Å². The SMILES string of the molecule is CCn1c(C)cc(C(=O)N2CCC(c3nccn3CC3CC3)CC2)c1C. The van der Waals surface area contributed by atoms with Crippen molar-refractivity contribution in [1.29, 1.82) is 0 Å². The van der Waals surface area contributed by atoms with Crippen molar-refractivity contribution in [3.63, 3.8) is 0 Å². The smallest absolute Gasteiger partial charge is 0.255 e. The summed E-state index contributed by atoms with van der Waals surface area (Å²) in [6, 6.07) is 2.05. The van der Waals surface area contributed by atoms with Crippen molar-refractivity contribution in [1.82, 2.24) is 19.0 Å². The molecule has 2 aliphatic rings. The molecule has 1 aliphatic carbocycles. The van der Waals surface area contributed by atoms with E-state index in [4.69, 9.17) is 0 Å². The molecular weight excluding hydrogens is 324 g/mol. The highest BCUT2D eigenvalue weighted by molar-refractivity contribution is 5.95. The number of likely N-dealkylation sites (tertiary alicyclic amines) is 1. The Morgan fingerprint density at radius 1 is 1.19 bits per heavy atom. The molecule has 0 spiro atoms. The minimum Gasteiger partial charge on any atom is -0.349 e. The van der Waals surface area contributed by atoms with Crippen molar-refractivity contribution in [3.05, 3.63) is 41.2 Å². The van der Waals surface area contributed by atoms with Crippen molar-refractivity contribution in [3.8, 4) is 0 Å². The van der Waals surface area contributed by atoms with Crippen molar-refractivity contribution >= 4 is 5.91 Å². The molecule has 5 nitrogen and oxygen atoms in total. The lowest BCUT2D eigenvalue weighted by Gasteiger charge is -2.32. The van der Waals surface area contributed by atoms with Gasteiger partial charge in [-0.3, -0.25) is 4.79 Å². The summed E-state index contributed by atoms with van der Waals surface area (Å²) in [4.78, 5) is 19.7. The number of carbonyl (C=O) groups is 1. The third kappa shape index (κ3) is 3.19. The van der Waals surface area contributed by atoms with E-state index in [0.29, 0.717) is 5.92 Å². The number of amides is 1. The fraction of sp³-hybridized carbons (Fsp3) is 0.619. The molecule has 0 atom stereocenters. The molecule has 2 aromatic rings. The molecule has 0 unspecified atom stereocenters. The fourth-order valence-corrected chi connectivity index (χ4v) is 4.43. The molecule has 1 aliphatic heterocycles. The monoisotopic (exact) mass is 354 g/mol. The Hall–Kier alpha value is -2.04. The van der Waals surface area contributed by atoms with Gasteiger partial charge in [-0.2, -0.15) is 0 Å². The van der Waals surface area contributed by atoms with Crippen LogP contribution < -0.4 is 0 Å². The summed E-state index contributed by atoms with van der Waals surface area (Å²) >= 11 is 0. The van der Waals surface area contributed by atoms with Crippen LogP contribution in [0.5, 0.6) is 0 Å². The van der Waals surface area contributed by atoms with Gasteiger partial charge in [-0.15, -0.1) is 0 Å². The normalized spacial score (nSPS) is 18.5. The third-order valence-electron chi connectivity index (χ3n) is 6.17. The number of rotatable bonds is 5. The highest BCUT2D eigenvalue weighted by Crippen LogP contribution is 2.33. The maximum absolute atomic E-state index is 13.0. The predicted octanol–water partition coefficient (Wildman–Crippen LogP) is 3.75. The van der Waals surface area contributed by atoms with Crippen LogP contribution in [0.2, 0.25) is 0 Å². The summed E-state index contributed by atoms with van der Waals surface area (Å²) in [5.74, 6) is 2.76. The predicted molar refractivity (Wildman–Crippen MR) is 102 cm³/mol. The van der Waals surface area contributed by atoms with Gasteiger partial charge in [0.2, 0.25) is 0 Å². The first-order valence-corrected chi connectivity index (χ1v) is 10.1. The molecule has 26 heavy (non-hydrogen) atoms. The maximum atomic E-state index is 13.0. The van der Waals surface area contributed by atoms with Gasteiger partial charge >= 0.3 is 0 Å². The number of aryl methyl sites for hydroxylation is 1. The summed E-state index contributed by atoms with van der Waals surface area (Å²) in [5.41, 5.74) is 3.14. The number of nitrogens with zero attached hydrogens (tertiary/aromatic N) is 4. The Balaban J connectivity index is 1.42. The van der Waals surface area contributed by atoms with E-state index in [1.807, 2.05) is 11.1 Å². The largest absolute Gasteiger partial charge is 0.349 e. The number of hydrogen-bond donors (Lipinski definition) is 0. The first kappa shape index (κ1) is 17.4. The van der Waals surface area contributed by atoms with Crippen LogP contribution in [-0.4, -0.2) is 38.0 Å². The number of carbonyl (C=O) groups excluding carboxylic acids is 1. The quantitative estimate of drug-likeness (QED) is 0.821. The van der Waals surface area contributed by atoms with Crippen molar-refractivity contribution < 1.29 is 4.79 Å². The molecule has 5 heteroatoms. The molecule has 1 amide bonds. The zero-order valence-electron chi connectivity index (χ0n) is 16.2. The Morgan fingerprint density at radius 3 is 2.54 bits per heavy atom. The maximum Gasteiger partial charge on any atom is 0.255 e. The van der Waals surface area contributed by atoms with Gasteiger partial charge in [0.15, 0.2) is 0 Å². The van der Waals surface area contributed by atoms with Crippen LogP contribution in [0.4, 0.5) is 0 Å². The van der Waals surface area contributed by atoms with E-state index in [1.165, 1.54) is 24.4 Å². The van der Waals surface area contributed by atoms with E-state index >= 15 is 0 Å². The van der Waals surface area contributed by atoms with Gasteiger partial charge in [0.25, 0.3) is 5.91 Å². The average molecular weight is 354 g/mol. The second-order valence-electron chi connectivity index (χ2n) is 7.98. The first-order chi connectivity index (χ1) is 12.6. The molecule has 2 fully saturated rings. The molecule has 0 aromatic carbocycles. The van der Waals surface area contributed by atoms with Crippen LogP contribution in [0.25, 0.3) is 0 Å². The molecule has 3 heterocycles. The lowest BCUT2D eigenvalue weighted by atomic mass is 9.95. The molecule has 140 valence electrons. The van der Waals surface area contributed by atoms with Gasteiger partial charge in [0.1, 0.15) is 5.82 Å². The van der Waals surface area contributed by atoms with E-state index in [9.17, 15) is 4.79 Å². The number of piperidine rings is 1. The Bertz CT molecular complexity index is 791. The van der Waals surface area contributed by atoms with Crippen LogP contribution in [-0.2, 0) is 13.1 Å². The van der Waals surface area contributed by atoms with Crippen molar-refractivity contribution in [2.45, 2.75) is 65.5 Å². The van der Waals surface area contributed by atoms with Gasteiger partial charge in [-0.1, -0.05) is 0 Å². The van der Waals surface area contributed by atoms with Crippen LogP contribution >= 0.6 is 0 Å². The summed E-state index contributed by atoms with van der Waals surface area (Å²) in [5, 5.41) is 0. The zero-order chi connectivity index (χ0) is 18.3. The molecule has 1 saturated carbocycles. The molecule has 0 radical (unpaired) electrons. The van der Waals surface area contributed by atoms with Crippen LogP contribution in [0.3, 0.4) is 0 Å². The second kappa shape index (κ2) is 6.93. The highest BCUT2D eigenvalue weighted by atomic mass is 16.2. The molecule has 4 rings (SSSR count). The van der Waals surface area contributed by atoms with Gasteiger partial charge in [-0.05, 0) is 58.4 Å². The minimum absolute atomic E-state index is 0.192. The minimum atomic E-state index is 0.192. The average Bonchev–Trinajstić information content (AvgIpc) is 3.26. The van der Waals surface area contributed by atoms with Crippen LogP contribution in [0, 0.1) is 19.8 Å². The Kier molecular flexibility index (Phi) is 4.63. The Labute approximate surface area is 156 Å². The lowest BCUT2D eigenvalue weighted by Crippen LogP contribution is -2.38. The van der Waals surface area contributed by atoms with E-state index < -0.39 is 0 Å². The summed E-state index contributed by atoms with van der Waals surface area (Å²) in [7, 11) is 0. The second-order valence-corrected chi connectivity index (χ2v) is 7.98. The van der Waals surface area contributed by atoms with Crippen LogP contribution in [0.15, 0.2) is 18.5 Å². The number of aromatic nitrogens is 3. The van der Waals surface area contributed by atoms with Gasteiger partial charge in [0.05, 0.1) is 5.56 Å².